The van der Waals surface area contributed by atoms with Crippen molar-refractivity contribution in [3.05, 3.63) is 70.8 Å². The van der Waals surface area contributed by atoms with Crippen LogP contribution >= 0.6 is 11.6 Å². The maximum atomic E-state index is 12.0. The quantitative estimate of drug-likeness (QED) is 0.812. The summed E-state index contributed by atoms with van der Waals surface area (Å²) in [4.78, 5) is 25.4. The van der Waals surface area contributed by atoms with Gasteiger partial charge in [0.05, 0.1) is 11.3 Å². The Balaban J connectivity index is 1.82. The van der Waals surface area contributed by atoms with E-state index in [0.717, 1.165) is 5.56 Å². The van der Waals surface area contributed by atoms with Gasteiger partial charge in [-0.05, 0) is 23.8 Å². The summed E-state index contributed by atoms with van der Waals surface area (Å²) in [5.41, 5.74) is 2.04. The molecule has 3 rings (SSSR count). The molecule has 0 saturated carbocycles. The molecule has 0 saturated heterocycles. The Morgan fingerprint density at radius 2 is 1.81 bits per heavy atom. The lowest BCUT2D eigenvalue weighted by Gasteiger charge is -2.13. The maximum Gasteiger partial charge on any atom is 0.299 e. The number of ketones is 1. The number of hydrogen-bond acceptors (Lipinski definition) is 2. The number of carbonyl (C=O) groups is 2. The SMILES string of the molecule is O=C1C(=O)N(CC=Cc2ccccc2)c2ccc(Cl)cc21. The largest absolute Gasteiger partial charge is 0.301 e. The fourth-order valence-electron chi connectivity index (χ4n) is 2.31. The van der Waals surface area contributed by atoms with Crippen LogP contribution in [0.3, 0.4) is 0 Å². The van der Waals surface area contributed by atoms with Gasteiger partial charge in [-0.1, -0.05) is 54.1 Å². The van der Waals surface area contributed by atoms with E-state index in [4.69, 9.17) is 11.6 Å². The van der Waals surface area contributed by atoms with Crippen molar-refractivity contribution in [3.63, 3.8) is 0 Å². The molecule has 1 aliphatic heterocycles. The molecule has 2 aromatic carbocycles. The van der Waals surface area contributed by atoms with Gasteiger partial charge in [0, 0.05) is 11.6 Å². The third-order valence-corrected chi connectivity index (χ3v) is 3.57. The van der Waals surface area contributed by atoms with Gasteiger partial charge >= 0.3 is 0 Å². The molecule has 2 aromatic rings. The molecule has 0 spiro atoms. The Labute approximate surface area is 127 Å². The third-order valence-electron chi connectivity index (χ3n) is 3.33. The molecular weight excluding hydrogens is 286 g/mol. The molecule has 0 fully saturated rings. The van der Waals surface area contributed by atoms with E-state index in [2.05, 4.69) is 0 Å². The monoisotopic (exact) mass is 297 g/mol. The highest BCUT2D eigenvalue weighted by Gasteiger charge is 2.35. The van der Waals surface area contributed by atoms with Gasteiger partial charge in [0.2, 0.25) is 0 Å². The molecule has 104 valence electrons. The van der Waals surface area contributed by atoms with Gasteiger partial charge in [0.15, 0.2) is 0 Å². The molecule has 0 aromatic heterocycles. The molecule has 0 aliphatic carbocycles. The smallest absolute Gasteiger partial charge is 0.299 e. The van der Waals surface area contributed by atoms with Crippen LogP contribution in [0.1, 0.15) is 15.9 Å². The number of benzene rings is 2. The minimum Gasteiger partial charge on any atom is -0.301 e. The summed E-state index contributed by atoms with van der Waals surface area (Å²) >= 11 is 5.87. The van der Waals surface area contributed by atoms with Crippen molar-refractivity contribution in [2.45, 2.75) is 0 Å². The van der Waals surface area contributed by atoms with Crippen molar-refractivity contribution in [1.29, 1.82) is 0 Å². The fraction of sp³-hybridized carbons (Fsp3) is 0.0588. The average molecular weight is 298 g/mol. The standard InChI is InChI=1S/C17H12ClNO2/c18-13-8-9-15-14(11-13)16(20)17(21)19(15)10-4-7-12-5-2-1-3-6-12/h1-9,11H,10H2. The second-order valence-corrected chi connectivity index (χ2v) is 5.16. The lowest BCUT2D eigenvalue weighted by molar-refractivity contribution is -0.114. The van der Waals surface area contributed by atoms with Gasteiger partial charge in [-0.25, -0.2) is 0 Å². The lowest BCUT2D eigenvalue weighted by Crippen LogP contribution is -2.29. The van der Waals surface area contributed by atoms with Crippen LogP contribution in [0.5, 0.6) is 0 Å². The number of Topliss-reactive ketones (excluding diaryl/α,β-unsaturated/α-hetero) is 1. The van der Waals surface area contributed by atoms with Crippen molar-refractivity contribution in [1.82, 2.24) is 0 Å². The zero-order valence-corrected chi connectivity index (χ0v) is 11.9. The number of anilines is 1. The molecule has 21 heavy (non-hydrogen) atoms. The number of rotatable bonds is 3. The van der Waals surface area contributed by atoms with Gasteiger partial charge in [-0.15, -0.1) is 0 Å². The highest BCUT2D eigenvalue weighted by Crippen LogP contribution is 2.31. The van der Waals surface area contributed by atoms with Crippen LogP contribution in [0.2, 0.25) is 5.02 Å². The Morgan fingerprint density at radius 1 is 1.05 bits per heavy atom. The number of carbonyl (C=O) groups excluding carboxylic acids is 2. The van der Waals surface area contributed by atoms with Crippen molar-refractivity contribution in [3.8, 4) is 0 Å². The minimum absolute atomic E-state index is 0.355. The van der Waals surface area contributed by atoms with Crippen LogP contribution in [-0.4, -0.2) is 18.2 Å². The summed E-state index contributed by atoms with van der Waals surface area (Å²) < 4.78 is 0. The fourth-order valence-corrected chi connectivity index (χ4v) is 2.48. The predicted octanol–water partition coefficient (Wildman–Crippen LogP) is 3.58. The number of hydrogen-bond donors (Lipinski definition) is 0. The summed E-state index contributed by atoms with van der Waals surface area (Å²) in [7, 11) is 0. The Bertz CT molecular complexity index is 738. The third kappa shape index (κ3) is 2.60. The van der Waals surface area contributed by atoms with E-state index in [9.17, 15) is 9.59 Å². The maximum absolute atomic E-state index is 12.0. The molecule has 0 bridgehead atoms. The first kappa shape index (κ1) is 13.6. The number of fused-ring (bicyclic) bond motifs is 1. The topological polar surface area (TPSA) is 37.4 Å². The van der Waals surface area contributed by atoms with Gasteiger partial charge in [-0.3, -0.25) is 9.59 Å². The Morgan fingerprint density at radius 3 is 2.57 bits per heavy atom. The Kier molecular flexibility index (Phi) is 3.59. The van der Waals surface area contributed by atoms with Gasteiger partial charge in [0.25, 0.3) is 11.7 Å². The second kappa shape index (κ2) is 5.54. The average Bonchev–Trinajstić information content (AvgIpc) is 2.73. The highest BCUT2D eigenvalue weighted by atomic mass is 35.5. The molecule has 1 aliphatic rings. The van der Waals surface area contributed by atoms with Crippen LogP contribution in [0, 0.1) is 0 Å². The van der Waals surface area contributed by atoms with Gasteiger partial charge < -0.3 is 4.90 Å². The molecule has 0 unspecified atom stereocenters. The summed E-state index contributed by atoms with van der Waals surface area (Å²) in [6, 6.07) is 14.7. The zero-order chi connectivity index (χ0) is 14.8. The van der Waals surface area contributed by atoms with E-state index in [-0.39, 0.29) is 0 Å². The first-order chi connectivity index (χ1) is 10.2. The van der Waals surface area contributed by atoms with E-state index >= 15 is 0 Å². The number of amides is 1. The summed E-state index contributed by atoms with van der Waals surface area (Å²) in [5, 5.41) is 0.455. The number of halogens is 1. The van der Waals surface area contributed by atoms with E-state index in [1.54, 1.807) is 12.1 Å². The van der Waals surface area contributed by atoms with Crippen molar-refractivity contribution < 1.29 is 9.59 Å². The van der Waals surface area contributed by atoms with Gasteiger partial charge in [0.1, 0.15) is 0 Å². The second-order valence-electron chi connectivity index (χ2n) is 4.72. The van der Waals surface area contributed by atoms with Crippen molar-refractivity contribution in [2.24, 2.45) is 0 Å². The molecule has 1 heterocycles. The van der Waals surface area contributed by atoms with Crippen LogP contribution in [-0.2, 0) is 4.79 Å². The van der Waals surface area contributed by atoms with E-state index in [1.165, 1.54) is 11.0 Å². The lowest BCUT2D eigenvalue weighted by atomic mass is 10.1. The van der Waals surface area contributed by atoms with E-state index < -0.39 is 11.7 Å². The first-order valence-corrected chi connectivity index (χ1v) is 6.92. The van der Waals surface area contributed by atoms with Crippen LogP contribution in [0.25, 0.3) is 6.08 Å². The van der Waals surface area contributed by atoms with Gasteiger partial charge in [-0.2, -0.15) is 0 Å². The first-order valence-electron chi connectivity index (χ1n) is 6.54. The Hall–Kier alpha value is -2.39. The zero-order valence-electron chi connectivity index (χ0n) is 11.1. The molecule has 1 amide bonds. The van der Waals surface area contributed by atoms with Crippen molar-refractivity contribution in [2.75, 3.05) is 11.4 Å². The van der Waals surface area contributed by atoms with Crippen LogP contribution < -0.4 is 4.90 Å². The normalized spacial score (nSPS) is 14.0. The van der Waals surface area contributed by atoms with Crippen LogP contribution in [0.15, 0.2) is 54.6 Å². The summed E-state index contributed by atoms with van der Waals surface area (Å²) in [6.45, 7) is 0.355. The molecule has 0 N–H and O–H groups in total. The minimum atomic E-state index is -0.509. The van der Waals surface area contributed by atoms with E-state index in [0.29, 0.717) is 22.8 Å². The predicted molar refractivity (Wildman–Crippen MR) is 83.6 cm³/mol. The van der Waals surface area contributed by atoms with Crippen LogP contribution in [0.4, 0.5) is 5.69 Å². The molecule has 4 heteroatoms. The molecule has 0 atom stereocenters. The summed E-state index contributed by atoms with van der Waals surface area (Å²) in [6.07, 6.45) is 3.79. The molecule has 0 radical (unpaired) electrons. The highest BCUT2D eigenvalue weighted by molar-refractivity contribution is 6.52. The molecule has 3 nitrogen and oxygen atoms in total. The van der Waals surface area contributed by atoms with E-state index in [1.807, 2.05) is 42.5 Å². The number of nitrogens with zero attached hydrogens (tertiary/aromatic N) is 1. The molecular formula is C17H12ClNO2. The summed E-state index contributed by atoms with van der Waals surface area (Å²) in [5.74, 6) is -1.01. The van der Waals surface area contributed by atoms with Crippen molar-refractivity contribution >= 4 is 35.1 Å².